The average molecular weight is 418 g/mol. The summed E-state index contributed by atoms with van der Waals surface area (Å²) in [6.07, 6.45) is 0.529. The van der Waals surface area contributed by atoms with Gasteiger partial charge in [0.25, 0.3) is 0 Å². The Hall–Kier alpha value is -2.34. The lowest BCUT2D eigenvalue weighted by atomic mass is 9.63. The van der Waals surface area contributed by atoms with Crippen molar-refractivity contribution in [2.24, 2.45) is 11.8 Å². The Morgan fingerprint density at radius 1 is 1.23 bits per heavy atom. The molecule has 1 aromatic rings. The first-order valence-corrected chi connectivity index (χ1v) is 10.3. The van der Waals surface area contributed by atoms with Crippen molar-refractivity contribution in [1.29, 1.82) is 0 Å². The Labute approximate surface area is 173 Å². The standard InChI is InChI=1S/C24H25F3O3/c1-30-22(28)19-12-16-7-8-17-14-23(29,24(25,26)27)10-9-20(17)21(16)18(13-19)11-15-5-3-2-4-6-15/h2-6,12-13,17-18,29H,7-11,14H2,1H3/t17-,18-,23-/m1/s1. The summed E-state index contributed by atoms with van der Waals surface area (Å²) >= 11 is 0. The van der Waals surface area contributed by atoms with Crippen LogP contribution in [-0.4, -0.2) is 30.0 Å². The largest absolute Gasteiger partial charge is 0.465 e. The van der Waals surface area contributed by atoms with Crippen LogP contribution < -0.4 is 0 Å². The lowest BCUT2D eigenvalue weighted by molar-refractivity contribution is -0.271. The van der Waals surface area contributed by atoms with E-state index >= 15 is 0 Å². The maximum atomic E-state index is 13.4. The molecule has 0 radical (unpaired) electrons. The molecule has 1 aromatic carbocycles. The summed E-state index contributed by atoms with van der Waals surface area (Å²) in [7, 11) is 1.35. The van der Waals surface area contributed by atoms with Gasteiger partial charge >= 0.3 is 12.1 Å². The van der Waals surface area contributed by atoms with Crippen LogP contribution in [-0.2, 0) is 16.0 Å². The van der Waals surface area contributed by atoms with Crippen LogP contribution in [0.3, 0.4) is 0 Å². The lowest BCUT2D eigenvalue weighted by Crippen LogP contribution is -2.49. The third-order valence-electron chi connectivity index (χ3n) is 6.67. The first-order chi connectivity index (χ1) is 14.2. The van der Waals surface area contributed by atoms with Gasteiger partial charge in [0.05, 0.1) is 12.7 Å². The quantitative estimate of drug-likeness (QED) is 0.698. The van der Waals surface area contributed by atoms with Gasteiger partial charge in [-0.2, -0.15) is 13.2 Å². The van der Waals surface area contributed by atoms with E-state index in [0.29, 0.717) is 24.8 Å². The maximum Gasteiger partial charge on any atom is 0.417 e. The minimum absolute atomic E-state index is 0.101. The molecule has 0 heterocycles. The number of hydrogen-bond donors (Lipinski definition) is 1. The first-order valence-electron chi connectivity index (χ1n) is 10.3. The number of alkyl halides is 3. The molecule has 0 amide bonds. The lowest BCUT2D eigenvalue weighted by Gasteiger charge is -2.44. The minimum atomic E-state index is -4.62. The monoisotopic (exact) mass is 418 g/mol. The van der Waals surface area contributed by atoms with Crippen LogP contribution in [0.1, 0.15) is 37.7 Å². The highest BCUT2D eigenvalue weighted by molar-refractivity contribution is 5.92. The van der Waals surface area contributed by atoms with Gasteiger partial charge in [0, 0.05) is 5.92 Å². The Balaban J connectivity index is 1.73. The molecule has 160 valence electrons. The highest BCUT2D eigenvalue weighted by Crippen LogP contribution is 2.53. The van der Waals surface area contributed by atoms with Gasteiger partial charge in [0.1, 0.15) is 0 Å². The zero-order valence-electron chi connectivity index (χ0n) is 16.8. The van der Waals surface area contributed by atoms with Crippen LogP contribution in [0, 0.1) is 11.8 Å². The van der Waals surface area contributed by atoms with Crippen molar-refractivity contribution in [3.63, 3.8) is 0 Å². The van der Waals surface area contributed by atoms with Gasteiger partial charge in [-0.25, -0.2) is 4.79 Å². The van der Waals surface area contributed by atoms with Crippen molar-refractivity contribution < 1.29 is 27.8 Å². The van der Waals surface area contributed by atoms with Crippen LogP contribution in [0.4, 0.5) is 13.2 Å². The number of halogens is 3. The SMILES string of the molecule is COC(=O)C1=C[C@@H](Cc2ccccc2)C2=C3CC[C@](O)(C(F)(F)F)C[C@H]3CCC2=C1. The van der Waals surface area contributed by atoms with E-state index in [-0.39, 0.29) is 31.1 Å². The summed E-state index contributed by atoms with van der Waals surface area (Å²) in [6, 6.07) is 9.86. The molecular weight excluding hydrogens is 393 g/mol. The number of fused-ring (bicyclic) bond motifs is 2. The predicted molar refractivity (Wildman–Crippen MR) is 106 cm³/mol. The molecular formula is C24H25F3O3. The second-order valence-electron chi connectivity index (χ2n) is 8.49. The zero-order valence-corrected chi connectivity index (χ0v) is 16.8. The Bertz CT molecular complexity index is 927. The summed E-state index contributed by atoms with van der Waals surface area (Å²) in [6.45, 7) is 0. The Kier molecular flexibility index (Phi) is 5.39. The average Bonchev–Trinajstić information content (AvgIpc) is 2.72. The van der Waals surface area contributed by atoms with Gasteiger partial charge in [-0.1, -0.05) is 42.0 Å². The number of hydrogen-bond acceptors (Lipinski definition) is 3. The Morgan fingerprint density at radius 2 is 1.97 bits per heavy atom. The van der Waals surface area contributed by atoms with E-state index in [1.165, 1.54) is 7.11 Å². The molecule has 3 nitrogen and oxygen atoms in total. The second-order valence-corrected chi connectivity index (χ2v) is 8.49. The third-order valence-corrected chi connectivity index (χ3v) is 6.67. The van der Waals surface area contributed by atoms with E-state index in [9.17, 15) is 23.1 Å². The number of allylic oxidation sites excluding steroid dienone is 4. The zero-order chi connectivity index (χ0) is 21.5. The van der Waals surface area contributed by atoms with E-state index in [2.05, 4.69) is 0 Å². The summed E-state index contributed by atoms with van der Waals surface area (Å²) in [5.74, 6) is -0.790. The van der Waals surface area contributed by atoms with Gasteiger partial charge in [-0.05, 0) is 67.2 Å². The number of aliphatic hydroxyl groups is 1. The fraction of sp³-hybridized carbons (Fsp3) is 0.458. The fourth-order valence-corrected chi connectivity index (χ4v) is 5.17. The van der Waals surface area contributed by atoms with Crippen molar-refractivity contribution in [2.45, 2.75) is 50.3 Å². The summed E-state index contributed by atoms with van der Waals surface area (Å²) in [5.41, 5.74) is 2.08. The molecule has 0 aromatic heterocycles. The predicted octanol–water partition coefficient (Wildman–Crippen LogP) is 5.07. The molecule has 0 aliphatic heterocycles. The molecule has 30 heavy (non-hydrogen) atoms. The van der Waals surface area contributed by atoms with Gasteiger partial charge in [0.2, 0.25) is 0 Å². The molecule has 3 aliphatic rings. The second kappa shape index (κ2) is 7.73. The van der Waals surface area contributed by atoms with Gasteiger partial charge in [0.15, 0.2) is 5.60 Å². The molecule has 0 spiro atoms. The van der Waals surface area contributed by atoms with Gasteiger partial charge in [-0.15, -0.1) is 0 Å². The molecule has 3 atom stereocenters. The van der Waals surface area contributed by atoms with E-state index < -0.39 is 17.7 Å². The summed E-state index contributed by atoms with van der Waals surface area (Å²) in [4.78, 5) is 12.2. The number of rotatable bonds is 3. The van der Waals surface area contributed by atoms with E-state index in [1.54, 1.807) is 0 Å². The van der Waals surface area contributed by atoms with E-state index in [4.69, 9.17) is 4.74 Å². The summed E-state index contributed by atoms with van der Waals surface area (Å²) in [5, 5.41) is 10.3. The van der Waals surface area contributed by atoms with E-state index in [0.717, 1.165) is 22.3 Å². The normalized spacial score (nSPS) is 28.8. The van der Waals surface area contributed by atoms with Crippen molar-refractivity contribution >= 4 is 5.97 Å². The topological polar surface area (TPSA) is 46.5 Å². The molecule has 1 saturated carbocycles. The number of methoxy groups -OCH3 is 1. The fourth-order valence-electron chi connectivity index (χ4n) is 5.17. The highest BCUT2D eigenvalue weighted by Gasteiger charge is 2.56. The van der Waals surface area contributed by atoms with Crippen molar-refractivity contribution in [3.05, 3.63) is 70.3 Å². The maximum absolute atomic E-state index is 13.4. The number of carbonyl (C=O) groups excluding carboxylic acids is 1. The van der Waals surface area contributed by atoms with Crippen LogP contribution in [0.15, 0.2) is 64.8 Å². The number of benzene rings is 1. The molecule has 3 aliphatic carbocycles. The summed E-state index contributed by atoms with van der Waals surface area (Å²) < 4.78 is 45.2. The molecule has 1 fully saturated rings. The van der Waals surface area contributed by atoms with Crippen molar-refractivity contribution in [1.82, 2.24) is 0 Å². The first kappa shape index (κ1) is 20.9. The van der Waals surface area contributed by atoms with E-state index in [1.807, 2.05) is 42.5 Å². The van der Waals surface area contributed by atoms with Crippen LogP contribution >= 0.6 is 0 Å². The highest BCUT2D eigenvalue weighted by atomic mass is 19.4. The van der Waals surface area contributed by atoms with Gasteiger partial charge in [-0.3, -0.25) is 0 Å². The minimum Gasteiger partial charge on any atom is -0.465 e. The third kappa shape index (κ3) is 3.73. The van der Waals surface area contributed by atoms with Gasteiger partial charge < -0.3 is 9.84 Å². The molecule has 4 rings (SSSR count). The number of ether oxygens (including phenoxy) is 1. The number of esters is 1. The smallest absolute Gasteiger partial charge is 0.417 e. The molecule has 6 heteroatoms. The van der Waals surface area contributed by atoms with Crippen molar-refractivity contribution in [2.75, 3.05) is 7.11 Å². The van der Waals surface area contributed by atoms with Crippen LogP contribution in [0.5, 0.6) is 0 Å². The number of carbonyl (C=O) groups is 1. The molecule has 0 bridgehead atoms. The van der Waals surface area contributed by atoms with Crippen LogP contribution in [0.2, 0.25) is 0 Å². The molecule has 0 saturated heterocycles. The molecule has 0 unspecified atom stereocenters. The van der Waals surface area contributed by atoms with Crippen LogP contribution in [0.25, 0.3) is 0 Å². The van der Waals surface area contributed by atoms with Crippen molar-refractivity contribution in [3.8, 4) is 0 Å². The Morgan fingerprint density at radius 3 is 2.63 bits per heavy atom. The molecule has 1 N–H and O–H groups in total.